The van der Waals surface area contributed by atoms with E-state index in [4.69, 9.17) is 0 Å². The molecule has 6 heteroatoms. The van der Waals surface area contributed by atoms with Crippen molar-refractivity contribution < 1.29 is 13.2 Å². The van der Waals surface area contributed by atoms with Crippen molar-refractivity contribution in [3.8, 4) is 0 Å². The molecule has 1 fully saturated rings. The Morgan fingerprint density at radius 2 is 2.05 bits per heavy atom. The molecule has 2 rings (SSSR count). The molecule has 0 unspecified atom stereocenters. The minimum absolute atomic E-state index is 0.0262. The summed E-state index contributed by atoms with van der Waals surface area (Å²) < 4.78 is 37.9. The van der Waals surface area contributed by atoms with Crippen LogP contribution in [0.3, 0.4) is 0 Å². The quantitative estimate of drug-likeness (QED) is 0.831. The van der Waals surface area contributed by atoms with Gasteiger partial charge in [0.15, 0.2) is 0 Å². The van der Waals surface area contributed by atoms with Gasteiger partial charge in [0.05, 0.1) is 6.42 Å². The van der Waals surface area contributed by atoms with Crippen LogP contribution in [0.2, 0.25) is 0 Å². The van der Waals surface area contributed by atoms with Crippen molar-refractivity contribution in [1.29, 1.82) is 0 Å². The topological polar surface area (TPSA) is 15.3 Å². The Balaban J connectivity index is 2.03. The van der Waals surface area contributed by atoms with Crippen molar-refractivity contribution in [2.75, 3.05) is 18.5 Å². The molecule has 0 bridgehead atoms. The van der Waals surface area contributed by atoms with Crippen molar-refractivity contribution in [2.45, 2.75) is 38.0 Å². The van der Waals surface area contributed by atoms with E-state index in [-0.39, 0.29) is 6.54 Å². The summed E-state index contributed by atoms with van der Waals surface area (Å²) >= 11 is 3.41. The highest BCUT2D eigenvalue weighted by Crippen LogP contribution is 2.27. The second-order valence-corrected chi connectivity index (χ2v) is 6.13. The maximum atomic E-state index is 12.3. The van der Waals surface area contributed by atoms with E-state index in [0.717, 1.165) is 15.7 Å². The van der Waals surface area contributed by atoms with E-state index in [0.29, 0.717) is 12.6 Å². The Hall–Kier alpha value is -0.750. The second-order valence-electron chi connectivity index (χ2n) is 5.21. The Morgan fingerprint density at radius 3 is 2.65 bits per heavy atom. The van der Waals surface area contributed by atoms with Crippen LogP contribution in [-0.2, 0) is 6.54 Å². The first-order valence-corrected chi connectivity index (χ1v) is 7.44. The van der Waals surface area contributed by atoms with Gasteiger partial charge in [-0.05, 0) is 36.6 Å². The molecular weight excluding hydrogens is 333 g/mol. The van der Waals surface area contributed by atoms with Crippen LogP contribution in [0.1, 0.15) is 24.8 Å². The van der Waals surface area contributed by atoms with E-state index in [9.17, 15) is 13.2 Å². The highest BCUT2D eigenvalue weighted by atomic mass is 79.9. The number of hydrogen-bond acceptors (Lipinski definition) is 2. The van der Waals surface area contributed by atoms with E-state index in [1.165, 1.54) is 12.8 Å². The summed E-state index contributed by atoms with van der Waals surface area (Å²) in [5, 5.41) is 3.40. The third-order valence-electron chi connectivity index (χ3n) is 3.34. The predicted octanol–water partition coefficient (Wildman–Crippen LogP) is 4.09. The first kappa shape index (κ1) is 15.6. The van der Waals surface area contributed by atoms with Crippen molar-refractivity contribution in [3.05, 3.63) is 28.2 Å². The fraction of sp³-hybridized carbons (Fsp3) is 0.571. The number of anilines is 1. The summed E-state index contributed by atoms with van der Waals surface area (Å²) in [6, 6.07) is 6.27. The number of nitrogens with zero attached hydrogens (tertiary/aromatic N) is 1. The largest absolute Gasteiger partial charge is 0.390 e. The molecule has 2 nitrogen and oxygen atoms in total. The molecule has 0 aromatic heterocycles. The summed E-state index contributed by atoms with van der Waals surface area (Å²) in [5.41, 5.74) is 1.88. The molecule has 0 aliphatic heterocycles. The van der Waals surface area contributed by atoms with Gasteiger partial charge >= 0.3 is 6.18 Å². The molecule has 1 aromatic rings. The lowest BCUT2D eigenvalue weighted by atomic mass is 10.1. The Kier molecular flexibility index (Phi) is 4.96. The molecule has 0 atom stereocenters. The highest BCUT2D eigenvalue weighted by molar-refractivity contribution is 9.10. The second kappa shape index (κ2) is 6.35. The fourth-order valence-corrected chi connectivity index (χ4v) is 2.43. The predicted molar refractivity (Wildman–Crippen MR) is 77.9 cm³/mol. The highest BCUT2D eigenvalue weighted by Gasteiger charge is 2.27. The van der Waals surface area contributed by atoms with E-state index in [1.807, 2.05) is 18.2 Å². The molecule has 0 amide bonds. The molecule has 0 saturated heterocycles. The normalized spacial score (nSPS) is 15.4. The number of nitrogens with one attached hydrogen (secondary N) is 1. The zero-order chi connectivity index (χ0) is 14.8. The number of halogens is 4. The lowest BCUT2D eigenvalue weighted by Crippen LogP contribution is -2.26. The molecule has 1 aliphatic rings. The standard InChI is InChI=1S/C14H18BrF3N2/c1-20(7-6-14(16,17)18)13-5-2-11(15)8-10(13)9-19-12-3-4-12/h2,5,8,12,19H,3-4,6-7,9H2,1H3. The van der Waals surface area contributed by atoms with Gasteiger partial charge in [-0.2, -0.15) is 13.2 Å². The number of benzene rings is 1. The van der Waals surface area contributed by atoms with E-state index in [2.05, 4.69) is 21.2 Å². The zero-order valence-corrected chi connectivity index (χ0v) is 12.9. The van der Waals surface area contributed by atoms with Gasteiger partial charge in [-0.1, -0.05) is 15.9 Å². The number of rotatable bonds is 6. The molecular formula is C14H18BrF3N2. The van der Waals surface area contributed by atoms with Gasteiger partial charge in [-0.3, -0.25) is 0 Å². The summed E-state index contributed by atoms with van der Waals surface area (Å²) in [7, 11) is 1.70. The van der Waals surface area contributed by atoms with Crippen molar-refractivity contribution in [2.24, 2.45) is 0 Å². The molecule has 0 heterocycles. The van der Waals surface area contributed by atoms with Crippen LogP contribution in [0.4, 0.5) is 18.9 Å². The molecule has 1 aromatic carbocycles. The minimum Gasteiger partial charge on any atom is -0.374 e. The number of alkyl halides is 3. The molecule has 1 aliphatic carbocycles. The Bertz CT molecular complexity index is 458. The molecule has 1 saturated carbocycles. The third-order valence-corrected chi connectivity index (χ3v) is 3.84. The van der Waals surface area contributed by atoms with E-state index < -0.39 is 12.6 Å². The zero-order valence-electron chi connectivity index (χ0n) is 11.3. The van der Waals surface area contributed by atoms with Crippen LogP contribution < -0.4 is 10.2 Å². The fourth-order valence-electron chi connectivity index (χ4n) is 2.02. The van der Waals surface area contributed by atoms with Gasteiger partial charge in [0.25, 0.3) is 0 Å². The van der Waals surface area contributed by atoms with E-state index >= 15 is 0 Å². The smallest absolute Gasteiger partial charge is 0.374 e. The van der Waals surface area contributed by atoms with Gasteiger partial charge < -0.3 is 10.2 Å². The van der Waals surface area contributed by atoms with Crippen LogP contribution in [0.15, 0.2) is 22.7 Å². The van der Waals surface area contributed by atoms with Crippen molar-refractivity contribution in [1.82, 2.24) is 5.32 Å². The summed E-state index contributed by atoms with van der Waals surface area (Å²) in [6.07, 6.45) is -2.54. The molecule has 112 valence electrons. The first-order valence-electron chi connectivity index (χ1n) is 6.65. The maximum absolute atomic E-state index is 12.3. The average Bonchev–Trinajstić information content (AvgIpc) is 3.16. The minimum atomic E-state index is -4.12. The molecule has 0 spiro atoms. The van der Waals surface area contributed by atoms with Crippen LogP contribution in [-0.4, -0.2) is 25.8 Å². The van der Waals surface area contributed by atoms with Crippen molar-refractivity contribution >= 4 is 21.6 Å². The Labute approximate surface area is 125 Å². The monoisotopic (exact) mass is 350 g/mol. The van der Waals surface area contributed by atoms with Gasteiger partial charge in [0.1, 0.15) is 0 Å². The SMILES string of the molecule is CN(CCC(F)(F)F)c1ccc(Br)cc1CNC1CC1. The molecule has 20 heavy (non-hydrogen) atoms. The lowest BCUT2D eigenvalue weighted by molar-refractivity contribution is -0.132. The van der Waals surface area contributed by atoms with Gasteiger partial charge in [0.2, 0.25) is 0 Å². The van der Waals surface area contributed by atoms with Crippen LogP contribution in [0.25, 0.3) is 0 Å². The van der Waals surface area contributed by atoms with E-state index in [1.54, 1.807) is 11.9 Å². The maximum Gasteiger partial charge on any atom is 0.390 e. The van der Waals surface area contributed by atoms with Crippen molar-refractivity contribution in [3.63, 3.8) is 0 Å². The summed E-state index contributed by atoms with van der Waals surface area (Å²) in [5.74, 6) is 0. The van der Waals surface area contributed by atoms with Crippen LogP contribution in [0, 0.1) is 0 Å². The van der Waals surface area contributed by atoms with Gasteiger partial charge in [0, 0.05) is 36.3 Å². The third kappa shape index (κ3) is 4.98. The summed E-state index contributed by atoms with van der Waals surface area (Å²) in [6.45, 7) is 0.664. The Morgan fingerprint density at radius 1 is 1.35 bits per heavy atom. The first-order chi connectivity index (χ1) is 9.35. The molecule has 1 N–H and O–H groups in total. The van der Waals surface area contributed by atoms with Gasteiger partial charge in [-0.15, -0.1) is 0 Å². The van der Waals surface area contributed by atoms with Gasteiger partial charge in [-0.25, -0.2) is 0 Å². The summed E-state index contributed by atoms with van der Waals surface area (Å²) in [4.78, 5) is 1.67. The number of hydrogen-bond donors (Lipinski definition) is 1. The van der Waals surface area contributed by atoms with Crippen LogP contribution >= 0.6 is 15.9 Å². The molecule has 0 radical (unpaired) electrons. The average molecular weight is 351 g/mol. The lowest BCUT2D eigenvalue weighted by Gasteiger charge is -2.23. The van der Waals surface area contributed by atoms with Crippen LogP contribution in [0.5, 0.6) is 0 Å².